The molecule has 0 saturated heterocycles. The smallest absolute Gasteiger partial charge is 0.255 e. The van der Waals surface area contributed by atoms with Gasteiger partial charge >= 0.3 is 0 Å². The van der Waals surface area contributed by atoms with Crippen LogP contribution < -0.4 is 10.6 Å². The van der Waals surface area contributed by atoms with Crippen LogP contribution in [0.2, 0.25) is 0 Å². The molecule has 0 spiro atoms. The predicted octanol–water partition coefficient (Wildman–Crippen LogP) is 5.35. The number of carbonyl (C=O) groups is 2. The number of nitrogens with zero attached hydrogens (tertiary/aromatic N) is 1. The average Bonchev–Trinajstić information content (AvgIpc) is 3.58. The summed E-state index contributed by atoms with van der Waals surface area (Å²) in [7, 11) is 4.07. The normalized spacial score (nSPS) is 13.3. The molecule has 1 fully saturated rings. The number of aromatic nitrogens is 1. The van der Waals surface area contributed by atoms with Gasteiger partial charge in [-0.25, -0.2) is 0 Å². The molecule has 35 heavy (non-hydrogen) atoms. The summed E-state index contributed by atoms with van der Waals surface area (Å²) >= 11 is 0. The van der Waals surface area contributed by atoms with E-state index in [1.165, 1.54) is 5.56 Å². The number of anilines is 1. The van der Waals surface area contributed by atoms with Gasteiger partial charge in [0.1, 0.15) is 0 Å². The van der Waals surface area contributed by atoms with Crippen LogP contribution in [-0.4, -0.2) is 41.8 Å². The highest BCUT2D eigenvalue weighted by atomic mass is 16.2. The number of hydrogen-bond donors (Lipinski definition) is 3. The SMILES string of the molecule is Cc1ccc(C(=O)NC2CC2)cc1-c1ccc(C(=O)Nc2ccc3[nH]cc(CN(C)C)c3c2)cc1. The van der Waals surface area contributed by atoms with Crippen LogP contribution in [0.3, 0.4) is 0 Å². The van der Waals surface area contributed by atoms with E-state index in [2.05, 4.69) is 20.5 Å². The molecular formula is C29H30N4O2. The zero-order chi connectivity index (χ0) is 24.5. The van der Waals surface area contributed by atoms with Crippen LogP contribution in [0.4, 0.5) is 5.69 Å². The Labute approximate surface area is 205 Å². The number of amides is 2. The molecule has 0 bridgehead atoms. The minimum absolute atomic E-state index is 0.0297. The van der Waals surface area contributed by atoms with Gasteiger partial charge in [0.2, 0.25) is 0 Å². The molecule has 0 aliphatic heterocycles. The molecule has 1 aliphatic rings. The van der Waals surface area contributed by atoms with Crippen molar-refractivity contribution in [3.8, 4) is 11.1 Å². The largest absolute Gasteiger partial charge is 0.361 e. The zero-order valence-electron chi connectivity index (χ0n) is 20.3. The van der Waals surface area contributed by atoms with E-state index in [0.717, 1.165) is 52.7 Å². The van der Waals surface area contributed by atoms with Gasteiger partial charge in [-0.3, -0.25) is 9.59 Å². The first-order valence-electron chi connectivity index (χ1n) is 12.0. The standard InChI is InChI=1S/C29H30N4O2/c1-18-4-5-21(29(35)31-23-10-11-23)14-25(18)19-6-8-20(9-7-19)28(34)32-24-12-13-27-26(15-24)22(16-30-27)17-33(2)3/h4-9,12-16,23,30H,10-11,17H2,1-3H3,(H,31,35)(H,32,34). The fourth-order valence-corrected chi connectivity index (χ4v) is 4.30. The Bertz CT molecular complexity index is 1400. The number of aromatic amines is 1. The Morgan fingerprint density at radius 2 is 1.69 bits per heavy atom. The number of H-pyrrole nitrogens is 1. The summed E-state index contributed by atoms with van der Waals surface area (Å²) in [5, 5.41) is 7.17. The summed E-state index contributed by atoms with van der Waals surface area (Å²) in [4.78, 5) is 30.8. The fourth-order valence-electron chi connectivity index (χ4n) is 4.30. The molecule has 0 unspecified atom stereocenters. The van der Waals surface area contributed by atoms with E-state index >= 15 is 0 Å². The number of fused-ring (bicyclic) bond motifs is 1. The monoisotopic (exact) mass is 466 g/mol. The zero-order valence-corrected chi connectivity index (χ0v) is 20.3. The van der Waals surface area contributed by atoms with Crippen molar-refractivity contribution in [2.24, 2.45) is 0 Å². The molecule has 1 aromatic heterocycles. The summed E-state index contributed by atoms with van der Waals surface area (Å²) in [6.45, 7) is 2.85. The highest BCUT2D eigenvalue weighted by molar-refractivity contribution is 6.05. The van der Waals surface area contributed by atoms with E-state index in [1.807, 2.05) is 87.9 Å². The Morgan fingerprint density at radius 1 is 0.943 bits per heavy atom. The average molecular weight is 467 g/mol. The summed E-state index contributed by atoms with van der Waals surface area (Å²) in [6, 6.07) is 19.5. The third kappa shape index (κ3) is 5.12. The maximum absolute atomic E-state index is 12.9. The molecule has 4 aromatic rings. The Morgan fingerprint density at radius 3 is 2.40 bits per heavy atom. The molecule has 6 heteroatoms. The topological polar surface area (TPSA) is 77.2 Å². The minimum Gasteiger partial charge on any atom is -0.361 e. The minimum atomic E-state index is -0.158. The van der Waals surface area contributed by atoms with Crippen LogP contribution in [0.5, 0.6) is 0 Å². The van der Waals surface area contributed by atoms with Crippen LogP contribution >= 0.6 is 0 Å². The van der Waals surface area contributed by atoms with E-state index in [4.69, 9.17) is 0 Å². The Balaban J connectivity index is 1.32. The highest BCUT2D eigenvalue weighted by Gasteiger charge is 2.24. The first-order valence-corrected chi connectivity index (χ1v) is 12.0. The van der Waals surface area contributed by atoms with Gasteiger partial charge in [-0.05, 0) is 98.6 Å². The van der Waals surface area contributed by atoms with Crippen molar-refractivity contribution >= 4 is 28.4 Å². The van der Waals surface area contributed by atoms with Crippen molar-refractivity contribution in [2.75, 3.05) is 19.4 Å². The lowest BCUT2D eigenvalue weighted by Crippen LogP contribution is -2.25. The van der Waals surface area contributed by atoms with Crippen molar-refractivity contribution in [3.63, 3.8) is 0 Å². The van der Waals surface area contributed by atoms with Gasteiger partial charge in [0, 0.05) is 46.5 Å². The molecule has 178 valence electrons. The lowest BCUT2D eigenvalue weighted by molar-refractivity contribution is 0.0950. The quantitative estimate of drug-likeness (QED) is 0.344. The van der Waals surface area contributed by atoms with Gasteiger partial charge in [0.05, 0.1) is 0 Å². The van der Waals surface area contributed by atoms with Crippen molar-refractivity contribution in [1.29, 1.82) is 0 Å². The molecule has 1 aliphatic carbocycles. The molecule has 0 atom stereocenters. The molecule has 6 nitrogen and oxygen atoms in total. The van der Waals surface area contributed by atoms with Crippen molar-refractivity contribution in [3.05, 3.63) is 89.1 Å². The fraction of sp³-hybridized carbons (Fsp3) is 0.241. The maximum Gasteiger partial charge on any atom is 0.255 e. The first-order chi connectivity index (χ1) is 16.9. The third-order valence-electron chi connectivity index (χ3n) is 6.38. The maximum atomic E-state index is 12.9. The van der Waals surface area contributed by atoms with E-state index in [9.17, 15) is 9.59 Å². The van der Waals surface area contributed by atoms with Crippen molar-refractivity contribution in [1.82, 2.24) is 15.2 Å². The number of benzene rings is 3. The van der Waals surface area contributed by atoms with Crippen molar-refractivity contribution < 1.29 is 9.59 Å². The number of nitrogens with one attached hydrogen (secondary N) is 3. The lowest BCUT2D eigenvalue weighted by Gasteiger charge is -2.11. The lowest BCUT2D eigenvalue weighted by atomic mass is 9.97. The van der Waals surface area contributed by atoms with E-state index in [1.54, 1.807) is 0 Å². The molecule has 1 heterocycles. The van der Waals surface area contributed by atoms with Crippen LogP contribution in [0.15, 0.2) is 66.9 Å². The third-order valence-corrected chi connectivity index (χ3v) is 6.38. The molecule has 1 saturated carbocycles. The summed E-state index contributed by atoms with van der Waals surface area (Å²) < 4.78 is 0. The number of carbonyl (C=O) groups excluding carboxylic acids is 2. The highest BCUT2D eigenvalue weighted by Crippen LogP contribution is 2.27. The number of rotatable bonds is 7. The summed E-state index contributed by atoms with van der Waals surface area (Å²) in [6.07, 6.45) is 4.14. The van der Waals surface area contributed by atoms with Gasteiger partial charge in [-0.2, -0.15) is 0 Å². The second-order valence-electron chi connectivity index (χ2n) is 9.62. The van der Waals surface area contributed by atoms with Crippen LogP contribution in [0.1, 0.15) is 44.7 Å². The predicted molar refractivity (Wildman–Crippen MR) is 141 cm³/mol. The van der Waals surface area contributed by atoms with Gasteiger partial charge in [-0.1, -0.05) is 18.2 Å². The number of hydrogen-bond acceptors (Lipinski definition) is 3. The van der Waals surface area contributed by atoms with Gasteiger partial charge in [0.25, 0.3) is 11.8 Å². The van der Waals surface area contributed by atoms with Crippen LogP contribution in [0.25, 0.3) is 22.0 Å². The van der Waals surface area contributed by atoms with E-state index in [0.29, 0.717) is 17.2 Å². The van der Waals surface area contributed by atoms with E-state index < -0.39 is 0 Å². The van der Waals surface area contributed by atoms with Crippen LogP contribution in [-0.2, 0) is 6.54 Å². The van der Waals surface area contributed by atoms with Gasteiger partial charge < -0.3 is 20.5 Å². The molecule has 2 amide bonds. The molecule has 3 aromatic carbocycles. The molecule has 0 radical (unpaired) electrons. The number of aryl methyl sites for hydroxylation is 1. The van der Waals surface area contributed by atoms with E-state index in [-0.39, 0.29) is 11.8 Å². The second-order valence-corrected chi connectivity index (χ2v) is 9.62. The Hall–Kier alpha value is -3.90. The summed E-state index contributed by atoms with van der Waals surface area (Å²) in [5.41, 5.74) is 7.29. The first kappa shape index (κ1) is 22.9. The Kier molecular flexibility index (Phi) is 6.14. The molecule has 3 N–H and O–H groups in total. The summed E-state index contributed by atoms with van der Waals surface area (Å²) in [5.74, 6) is -0.187. The molecule has 5 rings (SSSR count). The van der Waals surface area contributed by atoms with Crippen LogP contribution in [0, 0.1) is 6.92 Å². The molecular weight excluding hydrogens is 436 g/mol. The van der Waals surface area contributed by atoms with Crippen molar-refractivity contribution in [2.45, 2.75) is 32.4 Å². The second kappa shape index (κ2) is 9.39. The van der Waals surface area contributed by atoms with Gasteiger partial charge in [0.15, 0.2) is 0 Å². The van der Waals surface area contributed by atoms with Gasteiger partial charge in [-0.15, -0.1) is 0 Å².